The maximum absolute atomic E-state index is 4.26. The van der Waals surface area contributed by atoms with Crippen molar-refractivity contribution >= 4 is 27.5 Å². The van der Waals surface area contributed by atoms with E-state index in [-0.39, 0.29) is 0 Å². The summed E-state index contributed by atoms with van der Waals surface area (Å²) < 4.78 is 2.59. The van der Waals surface area contributed by atoms with Gasteiger partial charge in [-0.15, -0.1) is 5.10 Å². The predicted octanol–water partition coefficient (Wildman–Crippen LogP) is 2.05. The van der Waals surface area contributed by atoms with E-state index in [2.05, 4.69) is 37.9 Å². The van der Waals surface area contributed by atoms with Gasteiger partial charge in [-0.25, -0.2) is 4.52 Å². The fraction of sp³-hybridized carbons (Fsp3) is 0.111. The van der Waals surface area contributed by atoms with Crippen LogP contribution in [-0.4, -0.2) is 21.1 Å². The number of nitrogens with zero attached hydrogens (tertiary/aromatic N) is 3. The summed E-state index contributed by atoms with van der Waals surface area (Å²) in [7, 11) is 0. The Morgan fingerprint density at radius 1 is 1.57 bits per heavy atom. The number of anilines is 1. The van der Waals surface area contributed by atoms with Crippen LogP contribution in [-0.2, 0) is 0 Å². The maximum Gasteiger partial charge on any atom is 0.243 e. The Balaban J connectivity index is 2.22. The molecule has 0 fully saturated rings. The van der Waals surface area contributed by atoms with Gasteiger partial charge in [0.25, 0.3) is 0 Å². The largest absolute Gasteiger partial charge is 0.348 e. The molecule has 2 heterocycles. The van der Waals surface area contributed by atoms with Crippen LogP contribution in [0.3, 0.4) is 0 Å². The fourth-order valence-electron chi connectivity index (χ4n) is 1.08. The van der Waals surface area contributed by atoms with Crippen molar-refractivity contribution in [3.8, 4) is 0 Å². The quantitative estimate of drug-likeness (QED) is 0.910. The van der Waals surface area contributed by atoms with Gasteiger partial charge in [-0.1, -0.05) is 28.6 Å². The molecular formula is C9H9BrN4. The monoisotopic (exact) mass is 252 g/mol. The maximum atomic E-state index is 4.26. The van der Waals surface area contributed by atoms with Gasteiger partial charge in [0, 0.05) is 17.2 Å². The van der Waals surface area contributed by atoms with E-state index in [4.69, 9.17) is 0 Å². The highest BCUT2D eigenvalue weighted by atomic mass is 79.9. The first-order valence-corrected chi connectivity index (χ1v) is 4.93. The number of fused-ring (bicyclic) bond motifs is 1. The van der Waals surface area contributed by atoms with E-state index in [1.54, 1.807) is 4.52 Å². The van der Waals surface area contributed by atoms with Crippen LogP contribution in [0.25, 0.3) is 5.65 Å². The molecule has 14 heavy (non-hydrogen) atoms. The topological polar surface area (TPSA) is 42.2 Å². The van der Waals surface area contributed by atoms with E-state index in [0.29, 0.717) is 12.5 Å². The van der Waals surface area contributed by atoms with Gasteiger partial charge in [-0.05, 0) is 12.1 Å². The zero-order valence-electron chi connectivity index (χ0n) is 7.44. The van der Waals surface area contributed by atoms with Crippen molar-refractivity contribution in [1.82, 2.24) is 14.6 Å². The molecule has 0 radical (unpaired) electrons. The molecule has 2 aromatic heterocycles. The van der Waals surface area contributed by atoms with Crippen LogP contribution in [0.1, 0.15) is 0 Å². The summed E-state index contributed by atoms with van der Waals surface area (Å²) in [4.78, 5) is 4.26. The molecule has 0 aliphatic heterocycles. The van der Waals surface area contributed by atoms with Gasteiger partial charge in [0.1, 0.15) is 0 Å². The lowest BCUT2D eigenvalue weighted by molar-refractivity contribution is 0.959. The summed E-state index contributed by atoms with van der Waals surface area (Å²) in [5.41, 5.74) is 0.829. The first kappa shape index (κ1) is 9.21. The Morgan fingerprint density at radius 3 is 3.14 bits per heavy atom. The molecule has 2 rings (SSSR count). The predicted molar refractivity (Wildman–Crippen MR) is 59.5 cm³/mol. The van der Waals surface area contributed by atoms with Gasteiger partial charge < -0.3 is 5.32 Å². The van der Waals surface area contributed by atoms with E-state index in [1.165, 1.54) is 0 Å². The van der Waals surface area contributed by atoms with E-state index in [9.17, 15) is 0 Å². The summed E-state index contributed by atoms with van der Waals surface area (Å²) in [5, 5.41) is 7.26. The minimum Gasteiger partial charge on any atom is -0.348 e. The molecule has 5 heteroatoms. The standard InChI is InChI=1S/C9H9BrN4/c1-7(10)6-11-9-12-8-4-2-3-5-14(8)13-9/h2-5H,1,6H2,(H,11,13). The zero-order valence-corrected chi connectivity index (χ0v) is 9.03. The van der Waals surface area contributed by atoms with E-state index in [0.717, 1.165) is 10.1 Å². The van der Waals surface area contributed by atoms with Gasteiger partial charge in [0.15, 0.2) is 5.65 Å². The van der Waals surface area contributed by atoms with Crippen LogP contribution in [0.5, 0.6) is 0 Å². The molecule has 0 saturated carbocycles. The second-order valence-electron chi connectivity index (χ2n) is 2.81. The number of pyridine rings is 1. The molecule has 2 aromatic rings. The van der Waals surface area contributed by atoms with Crippen LogP contribution in [0.15, 0.2) is 35.5 Å². The average molecular weight is 253 g/mol. The van der Waals surface area contributed by atoms with Crippen LogP contribution in [0.4, 0.5) is 5.95 Å². The lowest BCUT2D eigenvalue weighted by atomic mass is 10.5. The van der Waals surface area contributed by atoms with Crippen molar-refractivity contribution in [2.45, 2.75) is 0 Å². The first-order chi connectivity index (χ1) is 6.75. The number of aromatic nitrogens is 3. The fourth-order valence-corrected chi connectivity index (χ4v) is 1.22. The number of hydrogen-bond acceptors (Lipinski definition) is 3. The minimum absolute atomic E-state index is 0.608. The molecule has 0 atom stereocenters. The zero-order chi connectivity index (χ0) is 9.97. The van der Waals surface area contributed by atoms with Crippen molar-refractivity contribution in [3.05, 3.63) is 35.5 Å². The van der Waals surface area contributed by atoms with Crippen molar-refractivity contribution in [1.29, 1.82) is 0 Å². The van der Waals surface area contributed by atoms with E-state index >= 15 is 0 Å². The Kier molecular flexibility index (Phi) is 2.49. The molecular weight excluding hydrogens is 244 g/mol. The van der Waals surface area contributed by atoms with Gasteiger partial charge in [-0.3, -0.25) is 0 Å². The van der Waals surface area contributed by atoms with Gasteiger partial charge in [0.05, 0.1) is 0 Å². The molecule has 0 unspecified atom stereocenters. The molecule has 72 valence electrons. The highest BCUT2D eigenvalue weighted by Gasteiger charge is 2.00. The number of nitrogens with one attached hydrogen (secondary N) is 1. The Labute approximate surface area is 89.8 Å². The molecule has 0 aliphatic rings. The smallest absolute Gasteiger partial charge is 0.243 e. The first-order valence-electron chi connectivity index (χ1n) is 4.14. The van der Waals surface area contributed by atoms with Gasteiger partial charge in [0.2, 0.25) is 5.95 Å². The number of rotatable bonds is 3. The Morgan fingerprint density at radius 2 is 2.43 bits per heavy atom. The van der Waals surface area contributed by atoms with Crippen LogP contribution in [0.2, 0.25) is 0 Å². The highest BCUT2D eigenvalue weighted by Crippen LogP contribution is 2.06. The van der Waals surface area contributed by atoms with Crippen LogP contribution >= 0.6 is 15.9 Å². The summed E-state index contributed by atoms with van der Waals surface area (Å²) in [5.74, 6) is 0.608. The number of hydrogen-bond donors (Lipinski definition) is 1. The molecule has 4 nitrogen and oxygen atoms in total. The Bertz CT molecular complexity index is 430. The van der Waals surface area contributed by atoms with E-state index < -0.39 is 0 Å². The van der Waals surface area contributed by atoms with Crippen molar-refractivity contribution in [3.63, 3.8) is 0 Å². The molecule has 0 bridgehead atoms. The molecule has 0 aliphatic carbocycles. The molecule has 0 saturated heterocycles. The second-order valence-corrected chi connectivity index (χ2v) is 3.93. The number of halogens is 1. The van der Waals surface area contributed by atoms with Gasteiger partial charge >= 0.3 is 0 Å². The van der Waals surface area contributed by atoms with E-state index in [1.807, 2.05) is 24.4 Å². The lowest BCUT2D eigenvalue weighted by Gasteiger charge is -1.96. The average Bonchev–Trinajstić information content (AvgIpc) is 2.57. The highest BCUT2D eigenvalue weighted by molar-refractivity contribution is 9.11. The molecule has 0 aromatic carbocycles. The van der Waals surface area contributed by atoms with Crippen molar-refractivity contribution < 1.29 is 0 Å². The van der Waals surface area contributed by atoms with Crippen LogP contribution in [0, 0.1) is 0 Å². The summed E-state index contributed by atoms with van der Waals surface area (Å²) in [6.07, 6.45) is 1.86. The third-order valence-corrected chi connectivity index (χ3v) is 1.96. The summed E-state index contributed by atoms with van der Waals surface area (Å²) in [6.45, 7) is 4.34. The second kappa shape index (κ2) is 3.79. The normalized spacial score (nSPS) is 10.4. The minimum atomic E-state index is 0.608. The third kappa shape index (κ3) is 1.93. The van der Waals surface area contributed by atoms with Gasteiger partial charge in [-0.2, -0.15) is 4.98 Å². The molecule has 0 spiro atoms. The summed E-state index contributed by atoms with van der Waals surface area (Å²) >= 11 is 3.26. The third-order valence-electron chi connectivity index (χ3n) is 1.68. The molecule has 0 amide bonds. The SMILES string of the molecule is C=C(Br)CNc1nc2ccccn2n1. The van der Waals surface area contributed by atoms with Crippen molar-refractivity contribution in [2.24, 2.45) is 0 Å². The van der Waals surface area contributed by atoms with Crippen LogP contribution < -0.4 is 5.32 Å². The lowest BCUT2D eigenvalue weighted by Crippen LogP contribution is -2.02. The van der Waals surface area contributed by atoms with Crippen molar-refractivity contribution in [2.75, 3.05) is 11.9 Å². The Hall–Kier alpha value is -1.36. The molecule has 1 N–H and O–H groups in total. The summed E-state index contributed by atoms with van der Waals surface area (Å²) in [6, 6.07) is 5.74.